The number of aromatic amines is 1. The fourth-order valence-electron chi connectivity index (χ4n) is 3.41. The molecular formula is C20H28N4OS. The summed E-state index contributed by atoms with van der Waals surface area (Å²) < 4.78 is 0. The number of amides is 1. The van der Waals surface area contributed by atoms with Crippen LogP contribution in [0, 0.1) is 5.92 Å². The topological polar surface area (TPSA) is 70.7 Å². The summed E-state index contributed by atoms with van der Waals surface area (Å²) in [5.41, 5.74) is 1.23. The highest BCUT2D eigenvalue weighted by atomic mass is 32.2. The molecule has 1 aliphatic rings. The molecule has 0 spiro atoms. The predicted octanol–water partition coefficient (Wildman–Crippen LogP) is 3.77. The van der Waals surface area contributed by atoms with Crippen molar-refractivity contribution in [2.24, 2.45) is 5.92 Å². The lowest BCUT2D eigenvalue weighted by Gasteiger charge is -2.10. The zero-order chi connectivity index (χ0) is 18.2. The molecule has 1 unspecified atom stereocenters. The maximum Gasteiger partial charge on any atom is 0.233 e. The van der Waals surface area contributed by atoms with Crippen molar-refractivity contribution in [2.45, 2.75) is 62.3 Å². The Balaban J connectivity index is 1.38. The molecular weight excluding hydrogens is 344 g/mol. The van der Waals surface area contributed by atoms with E-state index in [1.807, 2.05) is 25.1 Å². The van der Waals surface area contributed by atoms with Crippen LogP contribution in [0.1, 0.15) is 50.4 Å². The molecule has 5 nitrogen and oxygen atoms in total. The zero-order valence-corrected chi connectivity index (χ0v) is 16.2. The van der Waals surface area contributed by atoms with Crippen LogP contribution in [0.2, 0.25) is 0 Å². The van der Waals surface area contributed by atoms with Crippen molar-refractivity contribution in [2.75, 3.05) is 6.54 Å². The number of aromatic nitrogens is 3. The summed E-state index contributed by atoms with van der Waals surface area (Å²) in [6, 6.07) is 10.2. The van der Waals surface area contributed by atoms with Crippen LogP contribution in [0.15, 0.2) is 35.5 Å². The number of carbonyl (C=O) groups excluding carboxylic acids is 1. The number of carbonyl (C=O) groups is 1. The Hall–Kier alpha value is -1.82. The molecule has 3 rings (SSSR count). The van der Waals surface area contributed by atoms with Gasteiger partial charge in [0.15, 0.2) is 0 Å². The average molecular weight is 373 g/mol. The van der Waals surface area contributed by atoms with E-state index in [1.54, 1.807) is 0 Å². The van der Waals surface area contributed by atoms with Crippen LogP contribution in [0.4, 0.5) is 0 Å². The van der Waals surface area contributed by atoms with Gasteiger partial charge in [0.2, 0.25) is 11.1 Å². The fraction of sp³-hybridized carbons (Fsp3) is 0.550. The van der Waals surface area contributed by atoms with Crippen molar-refractivity contribution in [1.29, 1.82) is 0 Å². The minimum absolute atomic E-state index is 0.0308. The Morgan fingerprint density at radius 2 is 2.04 bits per heavy atom. The molecule has 1 fully saturated rings. The number of hydrogen-bond donors (Lipinski definition) is 2. The smallest absolute Gasteiger partial charge is 0.233 e. The number of nitrogens with zero attached hydrogens (tertiary/aromatic N) is 2. The quantitative estimate of drug-likeness (QED) is 0.658. The number of nitrogens with one attached hydrogen (secondary N) is 2. The monoisotopic (exact) mass is 372 g/mol. The molecule has 26 heavy (non-hydrogen) atoms. The second-order valence-electron chi connectivity index (χ2n) is 7.04. The van der Waals surface area contributed by atoms with Crippen LogP contribution in [0.25, 0.3) is 0 Å². The van der Waals surface area contributed by atoms with E-state index in [-0.39, 0.29) is 11.2 Å². The molecule has 140 valence electrons. The summed E-state index contributed by atoms with van der Waals surface area (Å²) in [5.74, 6) is 1.82. The number of hydrogen-bond acceptors (Lipinski definition) is 4. The van der Waals surface area contributed by atoms with Crippen LogP contribution in [0.5, 0.6) is 0 Å². The molecule has 1 atom stereocenters. The first-order valence-electron chi connectivity index (χ1n) is 9.60. The van der Waals surface area contributed by atoms with Crippen molar-refractivity contribution >= 4 is 17.7 Å². The molecule has 2 N–H and O–H groups in total. The third-order valence-corrected chi connectivity index (χ3v) is 5.94. The number of H-pyrrole nitrogens is 1. The molecule has 0 radical (unpaired) electrons. The van der Waals surface area contributed by atoms with Gasteiger partial charge in [-0.15, -0.1) is 5.10 Å². The molecule has 1 saturated carbocycles. The Bertz CT molecular complexity index is 682. The highest BCUT2D eigenvalue weighted by Gasteiger charge is 2.18. The van der Waals surface area contributed by atoms with Crippen molar-refractivity contribution in [3.05, 3.63) is 41.7 Å². The Morgan fingerprint density at radius 3 is 2.81 bits per heavy atom. The van der Waals surface area contributed by atoms with Crippen LogP contribution >= 0.6 is 11.8 Å². The van der Waals surface area contributed by atoms with Gasteiger partial charge in [0.25, 0.3) is 0 Å². The molecule has 1 aromatic heterocycles. The van der Waals surface area contributed by atoms with Gasteiger partial charge in [0.1, 0.15) is 5.82 Å². The van der Waals surface area contributed by atoms with Gasteiger partial charge in [0, 0.05) is 13.0 Å². The second kappa shape index (κ2) is 9.76. The van der Waals surface area contributed by atoms with E-state index < -0.39 is 0 Å². The molecule has 0 saturated heterocycles. The predicted molar refractivity (Wildman–Crippen MR) is 105 cm³/mol. The second-order valence-corrected chi connectivity index (χ2v) is 8.35. The van der Waals surface area contributed by atoms with E-state index in [4.69, 9.17) is 0 Å². The lowest BCUT2D eigenvalue weighted by Crippen LogP contribution is -2.32. The van der Waals surface area contributed by atoms with Gasteiger partial charge in [-0.3, -0.25) is 9.89 Å². The Kier molecular flexibility index (Phi) is 7.12. The average Bonchev–Trinajstić information content (AvgIpc) is 3.32. The molecule has 1 aliphatic carbocycles. The normalized spacial score (nSPS) is 15.9. The van der Waals surface area contributed by atoms with Crippen LogP contribution < -0.4 is 5.32 Å². The molecule has 0 aliphatic heterocycles. The largest absolute Gasteiger partial charge is 0.355 e. The molecule has 6 heteroatoms. The summed E-state index contributed by atoms with van der Waals surface area (Å²) in [6.07, 6.45) is 8.45. The van der Waals surface area contributed by atoms with E-state index >= 15 is 0 Å². The molecule has 1 amide bonds. The maximum absolute atomic E-state index is 12.2. The molecule has 0 bridgehead atoms. The summed E-state index contributed by atoms with van der Waals surface area (Å²) in [5, 5.41) is 10.7. The van der Waals surface area contributed by atoms with E-state index in [9.17, 15) is 4.79 Å². The maximum atomic E-state index is 12.2. The fourth-order valence-corrected chi connectivity index (χ4v) is 4.18. The summed E-state index contributed by atoms with van der Waals surface area (Å²) in [6.45, 7) is 2.55. The van der Waals surface area contributed by atoms with E-state index in [1.165, 1.54) is 49.4 Å². The number of benzene rings is 1. The highest BCUT2D eigenvalue weighted by Crippen LogP contribution is 2.28. The van der Waals surface area contributed by atoms with Gasteiger partial charge < -0.3 is 5.32 Å². The van der Waals surface area contributed by atoms with Crippen molar-refractivity contribution in [3.63, 3.8) is 0 Å². The van der Waals surface area contributed by atoms with E-state index in [0.29, 0.717) is 11.7 Å². The van der Waals surface area contributed by atoms with Crippen LogP contribution in [-0.4, -0.2) is 32.9 Å². The minimum Gasteiger partial charge on any atom is -0.355 e. The third kappa shape index (κ3) is 5.87. The van der Waals surface area contributed by atoms with Crippen LogP contribution in [0.3, 0.4) is 0 Å². The molecule has 1 aromatic carbocycles. The first-order valence-corrected chi connectivity index (χ1v) is 10.5. The number of aryl methyl sites for hydroxylation is 1. The van der Waals surface area contributed by atoms with Gasteiger partial charge >= 0.3 is 0 Å². The standard InChI is InChI=1S/C20H28N4OS/c1-15(19(25)21-14-13-17-7-3-2-4-8-17)26-20-22-18(23-24-20)12-11-16-9-5-6-10-16/h2-4,7-8,15-16H,5-6,9-14H2,1H3,(H,21,25)(H,22,23,24). The summed E-state index contributed by atoms with van der Waals surface area (Å²) in [7, 11) is 0. The molecule has 2 aromatic rings. The highest BCUT2D eigenvalue weighted by molar-refractivity contribution is 8.00. The van der Waals surface area contributed by atoms with Gasteiger partial charge in [-0.1, -0.05) is 67.8 Å². The lowest BCUT2D eigenvalue weighted by atomic mass is 10.0. The summed E-state index contributed by atoms with van der Waals surface area (Å²) in [4.78, 5) is 16.8. The third-order valence-electron chi connectivity index (χ3n) is 4.98. The number of thioether (sulfide) groups is 1. The lowest BCUT2D eigenvalue weighted by molar-refractivity contribution is -0.120. The number of rotatable bonds is 9. The Morgan fingerprint density at radius 1 is 1.27 bits per heavy atom. The van der Waals surface area contributed by atoms with Gasteiger partial charge in [-0.25, -0.2) is 4.98 Å². The molecule has 1 heterocycles. The first kappa shape index (κ1) is 19.0. The van der Waals surface area contributed by atoms with Crippen molar-refractivity contribution in [1.82, 2.24) is 20.5 Å². The minimum atomic E-state index is -0.204. The first-order chi connectivity index (χ1) is 12.7. The SMILES string of the molecule is CC(Sc1n[nH]c(CCC2CCCC2)n1)C(=O)NCCc1ccccc1. The van der Waals surface area contributed by atoms with Crippen molar-refractivity contribution < 1.29 is 4.79 Å². The van der Waals surface area contributed by atoms with Gasteiger partial charge in [0.05, 0.1) is 5.25 Å². The van der Waals surface area contributed by atoms with E-state index in [0.717, 1.165) is 24.6 Å². The van der Waals surface area contributed by atoms with Gasteiger partial charge in [-0.2, -0.15) is 0 Å². The van der Waals surface area contributed by atoms with Crippen molar-refractivity contribution in [3.8, 4) is 0 Å². The van der Waals surface area contributed by atoms with E-state index in [2.05, 4.69) is 32.6 Å². The van der Waals surface area contributed by atoms with Gasteiger partial charge in [-0.05, 0) is 31.2 Å². The summed E-state index contributed by atoms with van der Waals surface area (Å²) >= 11 is 1.41. The zero-order valence-electron chi connectivity index (χ0n) is 15.4. The Labute approximate surface area is 159 Å². The van der Waals surface area contributed by atoms with Crippen LogP contribution in [-0.2, 0) is 17.6 Å².